The first-order valence-electron chi connectivity index (χ1n) is 6.78. The lowest BCUT2D eigenvalue weighted by Gasteiger charge is -2.11. The molecule has 2 heterocycles. The maximum absolute atomic E-state index is 6.11. The Morgan fingerprint density at radius 1 is 1.20 bits per heavy atom. The Labute approximate surface area is 124 Å². The van der Waals surface area contributed by atoms with E-state index in [1.165, 1.54) is 5.56 Å². The second-order valence-corrected chi connectivity index (χ2v) is 5.10. The van der Waals surface area contributed by atoms with Gasteiger partial charge in [-0.25, -0.2) is 9.97 Å². The second kappa shape index (κ2) is 6.66. The van der Waals surface area contributed by atoms with Crippen LogP contribution in [0, 0.1) is 13.8 Å². The van der Waals surface area contributed by atoms with Gasteiger partial charge in [-0.2, -0.15) is 0 Å². The van der Waals surface area contributed by atoms with Gasteiger partial charge >= 0.3 is 0 Å². The smallest absolute Gasteiger partial charge is 0.137 e. The molecule has 0 fully saturated rings. The molecule has 0 bridgehead atoms. The molecule has 4 nitrogen and oxygen atoms in total. The van der Waals surface area contributed by atoms with Crippen molar-refractivity contribution in [3.63, 3.8) is 0 Å². The summed E-state index contributed by atoms with van der Waals surface area (Å²) in [6.07, 6.45) is 3.58. The standard InChI is InChI=1S/C15H19ClN4/c1-4-13-19-14(16)11(3)15(20-13)17-8-7-12-6-5-10(2)18-9-12/h5-6,9H,4,7-8H2,1-3H3,(H,17,19,20). The van der Waals surface area contributed by atoms with Gasteiger partial charge < -0.3 is 5.32 Å². The van der Waals surface area contributed by atoms with E-state index in [4.69, 9.17) is 11.6 Å². The minimum Gasteiger partial charge on any atom is -0.369 e. The van der Waals surface area contributed by atoms with Crippen LogP contribution in [0.25, 0.3) is 0 Å². The van der Waals surface area contributed by atoms with Crippen LogP contribution in [0.4, 0.5) is 5.82 Å². The zero-order chi connectivity index (χ0) is 14.5. The predicted molar refractivity (Wildman–Crippen MR) is 82.3 cm³/mol. The maximum atomic E-state index is 6.11. The van der Waals surface area contributed by atoms with Gasteiger partial charge in [-0.3, -0.25) is 4.98 Å². The molecule has 0 atom stereocenters. The first-order valence-corrected chi connectivity index (χ1v) is 7.16. The van der Waals surface area contributed by atoms with E-state index in [-0.39, 0.29) is 0 Å². The molecule has 0 amide bonds. The van der Waals surface area contributed by atoms with E-state index in [0.29, 0.717) is 5.15 Å². The number of aryl methyl sites for hydroxylation is 2. The number of halogens is 1. The molecule has 0 radical (unpaired) electrons. The van der Waals surface area contributed by atoms with Crippen molar-refractivity contribution >= 4 is 17.4 Å². The average Bonchev–Trinajstić information content (AvgIpc) is 2.45. The zero-order valence-electron chi connectivity index (χ0n) is 12.1. The molecule has 0 aliphatic heterocycles. The molecule has 2 aromatic rings. The van der Waals surface area contributed by atoms with Crippen LogP contribution in [-0.4, -0.2) is 21.5 Å². The summed E-state index contributed by atoms with van der Waals surface area (Å²) < 4.78 is 0. The molecule has 0 saturated carbocycles. The number of hydrogen-bond acceptors (Lipinski definition) is 4. The number of anilines is 1. The fourth-order valence-electron chi connectivity index (χ4n) is 1.83. The summed E-state index contributed by atoms with van der Waals surface area (Å²) in [6, 6.07) is 4.12. The molecular formula is C15H19ClN4. The Kier molecular flexibility index (Phi) is 4.90. The lowest BCUT2D eigenvalue weighted by molar-refractivity contribution is 0.913. The van der Waals surface area contributed by atoms with Gasteiger partial charge in [-0.05, 0) is 31.9 Å². The summed E-state index contributed by atoms with van der Waals surface area (Å²) in [4.78, 5) is 13.0. The van der Waals surface area contributed by atoms with Gasteiger partial charge in [-0.1, -0.05) is 24.6 Å². The molecule has 5 heteroatoms. The molecule has 0 aliphatic carbocycles. The van der Waals surface area contributed by atoms with E-state index in [1.54, 1.807) is 0 Å². The van der Waals surface area contributed by atoms with E-state index in [0.717, 1.165) is 42.3 Å². The number of nitrogens with zero attached hydrogens (tertiary/aromatic N) is 3. The molecule has 0 saturated heterocycles. The topological polar surface area (TPSA) is 50.7 Å². The van der Waals surface area contributed by atoms with Gasteiger partial charge in [0.1, 0.15) is 16.8 Å². The fraction of sp³-hybridized carbons (Fsp3) is 0.400. The van der Waals surface area contributed by atoms with Gasteiger partial charge in [0, 0.05) is 30.4 Å². The van der Waals surface area contributed by atoms with E-state index >= 15 is 0 Å². The lowest BCUT2D eigenvalue weighted by Crippen LogP contribution is -2.10. The van der Waals surface area contributed by atoms with Crippen LogP contribution in [0.5, 0.6) is 0 Å². The summed E-state index contributed by atoms with van der Waals surface area (Å²) in [5.74, 6) is 1.59. The molecule has 0 aromatic carbocycles. The highest BCUT2D eigenvalue weighted by Crippen LogP contribution is 2.20. The molecule has 2 rings (SSSR count). The van der Waals surface area contributed by atoms with Crippen molar-refractivity contribution in [3.8, 4) is 0 Å². The second-order valence-electron chi connectivity index (χ2n) is 4.74. The van der Waals surface area contributed by atoms with Crippen LogP contribution >= 0.6 is 11.6 Å². The van der Waals surface area contributed by atoms with Crippen LogP contribution in [0.15, 0.2) is 18.3 Å². The van der Waals surface area contributed by atoms with Gasteiger partial charge in [-0.15, -0.1) is 0 Å². The van der Waals surface area contributed by atoms with Crippen molar-refractivity contribution in [1.82, 2.24) is 15.0 Å². The number of aromatic nitrogens is 3. The van der Waals surface area contributed by atoms with Crippen LogP contribution in [0.2, 0.25) is 5.15 Å². The van der Waals surface area contributed by atoms with E-state index < -0.39 is 0 Å². The van der Waals surface area contributed by atoms with Crippen molar-refractivity contribution < 1.29 is 0 Å². The number of rotatable bonds is 5. The van der Waals surface area contributed by atoms with Crippen molar-refractivity contribution in [3.05, 3.63) is 46.1 Å². The molecule has 0 spiro atoms. The molecule has 0 aliphatic rings. The van der Waals surface area contributed by atoms with E-state index in [1.807, 2.05) is 33.0 Å². The van der Waals surface area contributed by atoms with Gasteiger partial charge in [0.05, 0.1) is 0 Å². The Morgan fingerprint density at radius 3 is 2.65 bits per heavy atom. The Balaban J connectivity index is 2.00. The molecule has 20 heavy (non-hydrogen) atoms. The summed E-state index contributed by atoms with van der Waals surface area (Å²) in [7, 11) is 0. The summed E-state index contributed by atoms with van der Waals surface area (Å²) in [5.41, 5.74) is 3.13. The third kappa shape index (κ3) is 3.67. The van der Waals surface area contributed by atoms with Crippen molar-refractivity contribution in [2.75, 3.05) is 11.9 Å². The number of nitrogens with one attached hydrogen (secondary N) is 1. The van der Waals surface area contributed by atoms with Crippen molar-refractivity contribution in [1.29, 1.82) is 0 Å². The zero-order valence-corrected chi connectivity index (χ0v) is 12.8. The maximum Gasteiger partial charge on any atom is 0.137 e. The highest BCUT2D eigenvalue weighted by Gasteiger charge is 2.08. The highest BCUT2D eigenvalue weighted by atomic mass is 35.5. The quantitative estimate of drug-likeness (QED) is 0.858. The van der Waals surface area contributed by atoms with Crippen molar-refractivity contribution in [2.45, 2.75) is 33.6 Å². The average molecular weight is 291 g/mol. The minimum atomic E-state index is 0.524. The first kappa shape index (κ1) is 14.7. The van der Waals surface area contributed by atoms with Crippen LogP contribution in [-0.2, 0) is 12.8 Å². The Morgan fingerprint density at radius 2 is 2.00 bits per heavy atom. The number of pyridine rings is 1. The first-order chi connectivity index (χ1) is 9.60. The predicted octanol–water partition coefficient (Wildman–Crippen LogP) is 3.36. The molecule has 106 valence electrons. The Bertz CT molecular complexity index is 581. The number of hydrogen-bond donors (Lipinski definition) is 1. The summed E-state index contributed by atoms with van der Waals surface area (Å²) in [5, 5.41) is 3.85. The lowest BCUT2D eigenvalue weighted by atomic mass is 10.2. The van der Waals surface area contributed by atoms with E-state index in [2.05, 4.69) is 26.3 Å². The SMILES string of the molecule is CCc1nc(Cl)c(C)c(NCCc2ccc(C)nc2)n1. The van der Waals surface area contributed by atoms with Crippen LogP contribution in [0.1, 0.15) is 29.6 Å². The van der Waals surface area contributed by atoms with E-state index in [9.17, 15) is 0 Å². The van der Waals surface area contributed by atoms with Crippen LogP contribution in [0.3, 0.4) is 0 Å². The monoisotopic (exact) mass is 290 g/mol. The van der Waals surface area contributed by atoms with Gasteiger partial charge in [0.15, 0.2) is 0 Å². The molecular weight excluding hydrogens is 272 g/mol. The van der Waals surface area contributed by atoms with Crippen LogP contribution < -0.4 is 5.32 Å². The summed E-state index contributed by atoms with van der Waals surface area (Å²) in [6.45, 7) is 6.73. The largest absolute Gasteiger partial charge is 0.369 e. The third-order valence-electron chi connectivity index (χ3n) is 3.13. The highest BCUT2D eigenvalue weighted by molar-refractivity contribution is 6.30. The molecule has 0 unspecified atom stereocenters. The third-order valence-corrected chi connectivity index (χ3v) is 3.50. The van der Waals surface area contributed by atoms with Crippen molar-refractivity contribution in [2.24, 2.45) is 0 Å². The van der Waals surface area contributed by atoms with Gasteiger partial charge in [0.2, 0.25) is 0 Å². The Hall–Kier alpha value is -1.68. The van der Waals surface area contributed by atoms with Gasteiger partial charge in [0.25, 0.3) is 0 Å². The fourth-order valence-corrected chi connectivity index (χ4v) is 2.02. The minimum absolute atomic E-state index is 0.524. The summed E-state index contributed by atoms with van der Waals surface area (Å²) >= 11 is 6.11. The molecule has 2 aromatic heterocycles. The normalized spacial score (nSPS) is 10.6. The molecule has 1 N–H and O–H groups in total.